The topological polar surface area (TPSA) is 17.1 Å². The molecular formula is C28H18O. The van der Waals surface area contributed by atoms with Crippen LogP contribution in [0.4, 0.5) is 0 Å². The monoisotopic (exact) mass is 370 g/mol. The maximum absolute atomic E-state index is 11.7. The lowest BCUT2D eigenvalue weighted by Crippen LogP contribution is -1.91. The van der Waals surface area contributed by atoms with Crippen LogP contribution in [0.1, 0.15) is 17.3 Å². The maximum Gasteiger partial charge on any atom is 0.159 e. The second kappa shape index (κ2) is 5.89. The summed E-state index contributed by atoms with van der Waals surface area (Å²) in [4.78, 5) is 11.7. The van der Waals surface area contributed by atoms with Crippen molar-refractivity contribution in [2.24, 2.45) is 0 Å². The number of hydrogen-bond donors (Lipinski definition) is 0. The zero-order valence-electron chi connectivity index (χ0n) is 16.1. The Morgan fingerprint density at radius 3 is 1.62 bits per heavy atom. The molecule has 0 heterocycles. The Balaban J connectivity index is 1.68. The second-order valence-corrected chi connectivity index (χ2v) is 7.88. The van der Waals surface area contributed by atoms with E-state index in [0.717, 1.165) is 10.9 Å². The highest BCUT2D eigenvalue weighted by molar-refractivity contribution is 6.15. The summed E-state index contributed by atoms with van der Waals surface area (Å²) in [6.45, 7) is 1.62. The standard InChI is InChI=1S/C28H18O/c1-17(29)18-8-9-27-21(10-18)6-7-22-13-25-14-23-11-19-4-2-3-5-20(19)12-24(23)15-26(25)16-28(22)27/h2-16H,1H3. The summed E-state index contributed by atoms with van der Waals surface area (Å²) < 4.78 is 0. The number of carbonyl (C=O) groups is 1. The number of carbonyl (C=O) groups excluding carboxylic acids is 1. The molecule has 0 atom stereocenters. The normalized spacial score (nSPS) is 11.8. The van der Waals surface area contributed by atoms with Crippen molar-refractivity contribution in [1.82, 2.24) is 0 Å². The third-order valence-electron chi connectivity index (χ3n) is 6.02. The molecule has 0 aromatic heterocycles. The quantitative estimate of drug-likeness (QED) is 0.165. The summed E-state index contributed by atoms with van der Waals surface area (Å²) in [5, 5.41) is 12.3. The minimum Gasteiger partial charge on any atom is -0.295 e. The van der Waals surface area contributed by atoms with E-state index in [1.165, 1.54) is 48.5 Å². The van der Waals surface area contributed by atoms with Gasteiger partial charge in [-0.05, 0) is 103 Å². The van der Waals surface area contributed by atoms with Crippen LogP contribution in [0.3, 0.4) is 0 Å². The smallest absolute Gasteiger partial charge is 0.159 e. The summed E-state index contributed by atoms with van der Waals surface area (Å²) in [6.07, 6.45) is 0. The van der Waals surface area contributed by atoms with E-state index >= 15 is 0 Å². The van der Waals surface area contributed by atoms with Crippen molar-refractivity contribution in [3.8, 4) is 0 Å². The molecule has 0 bridgehead atoms. The first-order valence-electron chi connectivity index (χ1n) is 9.89. The van der Waals surface area contributed by atoms with Crippen molar-refractivity contribution in [3.05, 3.63) is 96.6 Å². The average molecular weight is 370 g/mol. The van der Waals surface area contributed by atoms with Gasteiger partial charge in [-0.3, -0.25) is 4.79 Å². The van der Waals surface area contributed by atoms with Crippen molar-refractivity contribution in [2.75, 3.05) is 0 Å². The predicted molar refractivity (Wildman–Crippen MR) is 124 cm³/mol. The molecular weight excluding hydrogens is 352 g/mol. The van der Waals surface area contributed by atoms with Gasteiger partial charge < -0.3 is 0 Å². The van der Waals surface area contributed by atoms with Gasteiger partial charge in [0.25, 0.3) is 0 Å². The van der Waals surface area contributed by atoms with Crippen molar-refractivity contribution in [2.45, 2.75) is 6.92 Å². The van der Waals surface area contributed by atoms with E-state index in [2.05, 4.69) is 78.9 Å². The van der Waals surface area contributed by atoms with E-state index < -0.39 is 0 Å². The lowest BCUT2D eigenvalue weighted by Gasteiger charge is -2.09. The summed E-state index contributed by atoms with van der Waals surface area (Å²) >= 11 is 0. The van der Waals surface area contributed by atoms with E-state index in [1.54, 1.807) is 6.92 Å². The first-order chi connectivity index (χ1) is 14.2. The fourth-order valence-electron chi connectivity index (χ4n) is 4.48. The molecule has 29 heavy (non-hydrogen) atoms. The van der Waals surface area contributed by atoms with Gasteiger partial charge in [0.1, 0.15) is 0 Å². The van der Waals surface area contributed by atoms with Crippen molar-refractivity contribution >= 4 is 59.6 Å². The lowest BCUT2D eigenvalue weighted by atomic mass is 9.94. The van der Waals surface area contributed by atoms with Crippen molar-refractivity contribution in [3.63, 3.8) is 0 Å². The molecule has 0 aliphatic heterocycles. The molecule has 0 radical (unpaired) electrons. The van der Waals surface area contributed by atoms with E-state index in [9.17, 15) is 4.79 Å². The van der Waals surface area contributed by atoms with Gasteiger partial charge in [0.05, 0.1) is 0 Å². The van der Waals surface area contributed by atoms with Gasteiger partial charge in [-0.15, -0.1) is 0 Å². The van der Waals surface area contributed by atoms with Crippen LogP contribution < -0.4 is 0 Å². The molecule has 0 N–H and O–H groups in total. The van der Waals surface area contributed by atoms with Crippen LogP contribution in [0.25, 0.3) is 53.9 Å². The number of ketones is 1. The predicted octanol–water partition coefficient (Wildman–Crippen LogP) is 7.66. The van der Waals surface area contributed by atoms with Gasteiger partial charge in [0.2, 0.25) is 0 Å². The highest BCUT2D eigenvalue weighted by Gasteiger charge is 2.07. The Hall–Kier alpha value is -3.71. The van der Waals surface area contributed by atoms with E-state index in [1.807, 2.05) is 12.1 Å². The van der Waals surface area contributed by atoms with Crippen LogP contribution in [0, 0.1) is 0 Å². The zero-order valence-corrected chi connectivity index (χ0v) is 16.1. The highest BCUT2D eigenvalue weighted by Crippen LogP contribution is 2.33. The molecule has 0 amide bonds. The largest absolute Gasteiger partial charge is 0.295 e. The number of benzene rings is 6. The van der Waals surface area contributed by atoms with Crippen LogP contribution in [-0.4, -0.2) is 5.78 Å². The molecule has 0 aliphatic rings. The molecule has 0 fully saturated rings. The van der Waals surface area contributed by atoms with Gasteiger partial charge in [-0.1, -0.05) is 48.5 Å². The fourth-order valence-corrected chi connectivity index (χ4v) is 4.48. The van der Waals surface area contributed by atoms with Crippen LogP contribution in [0.2, 0.25) is 0 Å². The van der Waals surface area contributed by atoms with E-state index in [4.69, 9.17) is 0 Å². The highest BCUT2D eigenvalue weighted by atomic mass is 16.1. The van der Waals surface area contributed by atoms with Crippen LogP contribution in [0.15, 0.2) is 91.0 Å². The molecule has 0 unspecified atom stereocenters. The molecule has 0 saturated heterocycles. The zero-order chi connectivity index (χ0) is 19.5. The molecule has 0 saturated carbocycles. The molecule has 6 aromatic rings. The molecule has 1 nitrogen and oxygen atoms in total. The summed E-state index contributed by atoms with van der Waals surface area (Å²) in [5.74, 6) is 0.101. The Morgan fingerprint density at radius 2 is 1.00 bits per heavy atom. The van der Waals surface area contributed by atoms with Gasteiger partial charge in [-0.25, -0.2) is 0 Å². The van der Waals surface area contributed by atoms with Gasteiger partial charge in [0, 0.05) is 5.56 Å². The van der Waals surface area contributed by atoms with E-state index in [0.29, 0.717) is 0 Å². The number of hydrogen-bond acceptors (Lipinski definition) is 1. The van der Waals surface area contributed by atoms with Crippen molar-refractivity contribution in [1.29, 1.82) is 0 Å². The third kappa shape index (κ3) is 2.51. The fraction of sp³-hybridized carbons (Fsp3) is 0.0357. The van der Waals surface area contributed by atoms with Crippen LogP contribution >= 0.6 is 0 Å². The minimum atomic E-state index is 0.101. The van der Waals surface area contributed by atoms with Gasteiger partial charge in [-0.2, -0.15) is 0 Å². The molecule has 0 aliphatic carbocycles. The summed E-state index contributed by atoms with van der Waals surface area (Å²) in [5.41, 5.74) is 0.760. The molecule has 6 aromatic carbocycles. The Morgan fingerprint density at radius 1 is 0.483 bits per heavy atom. The molecule has 0 spiro atoms. The third-order valence-corrected chi connectivity index (χ3v) is 6.02. The van der Waals surface area contributed by atoms with Crippen molar-refractivity contribution < 1.29 is 4.79 Å². The SMILES string of the molecule is CC(=O)c1ccc2c(ccc3cc4cc5cc6ccccc6cc5cc4cc32)c1. The number of Topliss-reactive ketones (excluding diaryl/α,β-unsaturated/α-hetero) is 1. The Kier molecular flexibility index (Phi) is 3.30. The lowest BCUT2D eigenvalue weighted by molar-refractivity contribution is 0.101. The summed E-state index contributed by atoms with van der Waals surface area (Å²) in [6, 6.07) is 32.5. The van der Waals surface area contributed by atoms with Crippen LogP contribution in [0.5, 0.6) is 0 Å². The number of fused-ring (bicyclic) bond motifs is 6. The molecule has 6 rings (SSSR count). The molecule has 136 valence electrons. The second-order valence-electron chi connectivity index (χ2n) is 7.88. The Labute approximate surface area is 168 Å². The first-order valence-corrected chi connectivity index (χ1v) is 9.89. The van der Waals surface area contributed by atoms with E-state index in [-0.39, 0.29) is 5.78 Å². The maximum atomic E-state index is 11.7. The van der Waals surface area contributed by atoms with Gasteiger partial charge >= 0.3 is 0 Å². The molecule has 1 heteroatoms. The minimum absolute atomic E-state index is 0.101. The van der Waals surface area contributed by atoms with Crippen LogP contribution in [-0.2, 0) is 0 Å². The summed E-state index contributed by atoms with van der Waals surface area (Å²) in [7, 11) is 0. The Bertz CT molecular complexity index is 1620. The first kappa shape index (κ1) is 16.3. The van der Waals surface area contributed by atoms with Gasteiger partial charge in [0.15, 0.2) is 5.78 Å². The number of rotatable bonds is 1. The average Bonchev–Trinajstić information content (AvgIpc) is 2.74.